The molecule has 1 unspecified atom stereocenters. The third-order valence-electron chi connectivity index (χ3n) is 3.24. The highest BCUT2D eigenvalue weighted by molar-refractivity contribution is 6.00. The fraction of sp³-hybridized carbons (Fsp3) is 0.500. The average Bonchev–Trinajstić information content (AvgIpc) is 2.73. The highest BCUT2D eigenvalue weighted by Crippen LogP contribution is 2.26. The van der Waals surface area contributed by atoms with Gasteiger partial charge in [-0.05, 0) is 19.0 Å². The maximum Gasteiger partial charge on any atom is 0.244 e. The molecule has 1 amide bonds. The first-order chi connectivity index (χ1) is 8.77. The van der Waals surface area contributed by atoms with E-state index in [4.69, 9.17) is 4.74 Å². The number of amides is 1. The molecule has 1 aromatic carbocycles. The van der Waals surface area contributed by atoms with Crippen molar-refractivity contribution in [2.45, 2.75) is 26.0 Å². The number of nitrogens with zero attached hydrogens (tertiary/aromatic N) is 1. The Hall–Kier alpha value is -1.39. The van der Waals surface area contributed by atoms with Gasteiger partial charge in [-0.15, -0.1) is 0 Å². The number of rotatable bonds is 5. The lowest BCUT2D eigenvalue weighted by Gasteiger charge is -2.20. The molecule has 1 aliphatic rings. The molecule has 1 N–H and O–H groups in total. The van der Waals surface area contributed by atoms with Crippen LogP contribution in [0.1, 0.15) is 18.9 Å². The molecule has 0 saturated carbocycles. The maximum absolute atomic E-state index is 12.3. The van der Waals surface area contributed by atoms with E-state index >= 15 is 0 Å². The fourth-order valence-electron chi connectivity index (χ4n) is 2.41. The van der Waals surface area contributed by atoms with Gasteiger partial charge in [0.1, 0.15) is 0 Å². The zero-order valence-electron chi connectivity index (χ0n) is 11.0. The predicted molar refractivity (Wildman–Crippen MR) is 71.6 cm³/mol. The van der Waals surface area contributed by atoms with Crippen molar-refractivity contribution in [3.63, 3.8) is 0 Å². The molecular weight excluding hydrogens is 228 g/mol. The summed E-state index contributed by atoms with van der Waals surface area (Å²) in [5, 5.41) is 3.22. The van der Waals surface area contributed by atoms with Crippen LogP contribution < -0.4 is 10.2 Å². The number of para-hydroxylation sites is 1. The zero-order chi connectivity index (χ0) is 13.0. The van der Waals surface area contributed by atoms with E-state index in [1.54, 1.807) is 7.11 Å². The summed E-state index contributed by atoms with van der Waals surface area (Å²) in [6.07, 6.45) is 0.869. The van der Waals surface area contributed by atoms with Crippen LogP contribution in [0, 0.1) is 0 Å². The molecular formula is C14H20N2O2. The van der Waals surface area contributed by atoms with Gasteiger partial charge >= 0.3 is 0 Å². The van der Waals surface area contributed by atoms with E-state index < -0.39 is 0 Å². The summed E-state index contributed by atoms with van der Waals surface area (Å²) in [4.78, 5) is 14.1. The van der Waals surface area contributed by atoms with Crippen LogP contribution in [0.25, 0.3) is 0 Å². The Morgan fingerprint density at radius 2 is 2.22 bits per heavy atom. The molecule has 0 radical (unpaired) electrons. The minimum Gasteiger partial charge on any atom is -0.380 e. The van der Waals surface area contributed by atoms with E-state index in [1.807, 2.05) is 36.1 Å². The Bertz CT molecular complexity index is 420. The summed E-state index contributed by atoms with van der Waals surface area (Å²) in [5.41, 5.74) is 2.04. The zero-order valence-corrected chi connectivity index (χ0v) is 11.0. The number of carbonyl (C=O) groups excluding carboxylic acids is 1. The summed E-state index contributed by atoms with van der Waals surface area (Å²) >= 11 is 0. The van der Waals surface area contributed by atoms with Gasteiger partial charge < -0.3 is 15.0 Å². The number of carbonyl (C=O) groups is 1. The SMILES string of the molecule is CCNC1CCN(c2ccccc2COC)C1=O. The minimum atomic E-state index is -0.0365. The molecule has 0 spiro atoms. The van der Waals surface area contributed by atoms with Crippen molar-refractivity contribution in [3.8, 4) is 0 Å². The first-order valence-electron chi connectivity index (χ1n) is 6.39. The first-order valence-corrected chi connectivity index (χ1v) is 6.39. The molecule has 1 heterocycles. The van der Waals surface area contributed by atoms with Gasteiger partial charge in [0.05, 0.1) is 12.6 Å². The first kappa shape index (κ1) is 13.1. The van der Waals surface area contributed by atoms with Crippen molar-refractivity contribution in [1.82, 2.24) is 5.32 Å². The minimum absolute atomic E-state index is 0.0365. The molecule has 98 valence electrons. The van der Waals surface area contributed by atoms with Gasteiger partial charge in [0, 0.05) is 24.9 Å². The predicted octanol–water partition coefficient (Wildman–Crippen LogP) is 1.55. The second-order valence-corrected chi connectivity index (χ2v) is 4.45. The number of likely N-dealkylation sites (N-methyl/N-ethyl adjacent to an activating group) is 1. The van der Waals surface area contributed by atoms with Crippen LogP contribution in [-0.4, -0.2) is 32.1 Å². The summed E-state index contributed by atoms with van der Waals surface area (Å²) in [6, 6.07) is 7.89. The molecule has 1 atom stereocenters. The van der Waals surface area contributed by atoms with E-state index in [1.165, 1.54) is 0 Å². The van der Waals surface area contributed by atoms with Gasteiger partial charge in [-0.25, -0.2) is 0 Å². The van der Waals surface area contributed by atoms with Gasteiger partial charge in [0.2, 0.25) is 5.91 Å². The standard InChI is InChI=1S/C14H20N2O2/c1-3-15-12-8-9-16(14(12)17)13-7-5-4-6-11(13)10-18-2/h4-7,12,15H,3,8-10H2,1-2H3. The molecule has 1 aliphatic heterocycles. The van der Waals surface area contributed by atoms with Crippen LogP contribution in [0.5, 0.6) is 0 Å². The Labute approximate surface area is 108 Å². The largest absolute Gasteiger partial charge is 0.380 e. The summed E-state index contributed by atoms with van der Waals surface area (Å²) in [6.45, 7) is 4.15. The van der Waals surface area contributed by atoms with Crippen molar-refractivity contribution in [1.29, 1.82) is 0 Å². The average molecular weight is 248 g/mol. The second kappa shape index (κ2) is 5.98. The van der Waals surface area contributed by atoms with Crippen molar-refractivity contribution in [2.75, 3.05) is 25.1 Å². The number of ether oxygens (including phenoxy) is 1. The molecule has 4 nitrogen and oxygen atoms in total. The monoisotopic (exact) mass is 248 g/mol. The quantitative estimate of drug-likeness (QED) is 0.859. The fourth-order valence-corrected chi connectivity index (χ4v) is 2.41. The molecule has 0 bridgehead atoms. The van der Waals surface area contributed by atoms with E-state index in [9.17, 15) is 4.79 Å². The third kappa shape index (κ3) is 2.54. The molecule has 1 aromatic rings. The van der Waals surface area contributed by atoms with Crippen molar-refractivity contribution >= 4 is 11.6 Å². The molecule has 2 rings (SSSR count). The Morgan fingerprint density at radius 1 is 1.44 bits per heavy atom. The summed E-state index contributed by atoms with van der Waals surface area (Å²) < 4.78 is 5.18. The van der Waals surface area contributed by atoms with Crippen LogP contribution in [0.15, 0.2) is 24.3 Å². The van der Waals surface area contributed by atoms with E-state index in [-0.39, 0.29) is 11.9 Å². The number of hydrogen-bond acceptors (Lipinski definition) is 3. The van der Waals surface area contributed by atoms with Crippen LogP contribution in [-0.2, 0) is 16.1 Å². The second-order valence-electron chi connectivity index (χ2n) is 4.45. The van der Waals surface area contributed by atoms with Crippen molar-refractivity contribution in [3.05, 3.63) is 29.8 Å². The maximum atomic E-state index is 12.3. The number of anilines is 1. The van der Waals surface area contributed by atoms with Gasteiger partial charge in [-0.2, -0.15) is 0 Å². The summed E-state index contributed by atoms with van der Waals surface area (Å²) in [7, 11) is 1.67. The Kier molecular flexibility index (Phi) is 4.33. The van der Waals surface area contributed by atoms with Gasteiger partial charge in [0.15, 0.2) is 0 Å². The number of benzene rings is 1. The number of methoxy groups -OCH3 is 1. The van der Waals surface area contributed by atoms with Gasteiger partial charge in [-0.3, -0.25) is 4.79 Å². The van der Waals surface area contributed by atoms with E-state index in [2.05, 4.69) is 5.32 Å². The van der Waals surface area contributed by atoms with Crippen molar-refractivity contribution < 1.29 is 9.53 Å². The normalized spacial score (nSPS) is 19.6. The lowest BCUT2D eigenvalue weighted by atomic mass is 10.1. The summed E-state index contributed by atoms with van der Waals surface area (Å²) in [5.74, 6) is 0.167. The van der Waals surface area contributed by atoms with Crippen LogP contribution in [0.4, 0.5) is 5.69 Å². The highest BCUT2D eigenvalue weighted by Gasteiger charge is 2.32. The lowest BCUT2D eigenvalue weighted by molar-refractivity contribution is -0.118. The van der Waals surface area contributed by atoms with Gasteiger partial charge in [0.25, 0.3) is 0 Å². The lowest BCUT2D eigenvalue weighted by Crippen LogP contribution is -2.38. The highest BCUT2D eigenvalue weighted by atomic mass is 16.5. The van der Waals surface area contributed by atoms with Crippen LogP contribution in [0.2, 0.25) is 0 Å². The number of hydrogen-bond donors (Lipinski definition) is 1. The third-order valence-corrected chi connectivity index (χ3v) is 3.24. The Morgan fingerprint density at radius 3 is 2.94 bits per heavy atom. The molecule has 1 fully saturated rings. The Balaban J connectivity index is 2.19. The molecule has 4 heteroatoms. The smallest absolute Gasteiger partial charge is 0.244 e. The van der Waals surface area contributed by atoms with Crippen LogP contribution in [0.3, 0.4) is 0 Å². The molecule has 1 saturated heterocycles. The molecule has 0 aromatic heterocycles. The topological polar surface area (TPSA) is 41.6 Å². The number of nitrogens with one attached hydrogen (secondary N) is 1. The molecule has 18 heavy (non-hydrogen) atoms. The van der Waals surface area contributed by atoms with E-state index in [0.29, 0.717) is 6.61 Å². The molecule has 0 aliphatic carbocycles. The van der Waals surface area contributed by atoms with Crippen LogP contribution >= 0.6 is 0 Å². The van der Waals surface area contributed by atoms with Crippen molar-refractivity contribution in [2.24, 2.45) is 0 Å². The van der Waals surface area contributed by atoms with Gasteiger partial charge in [-0.1, -0.05) is 25.1 Å². The van der Waals surface area contributed by atoms with E-state index in [0.717, 1.165) is 30.8 Å².